The van der Waals surface area contributed by atoms with Gasteiger partial charge in [-0.2, -0.15) is 13.2 Å². The predicted octanol–water partition coefficient (Wildman–Crippen LogP) is 4.89. The molecule has 0 aromatic heterocycles. The third kappa shape index (κ3) is 5.54. The maximum Gasteiger partial charge on any atom is 0.416 e. The van der Waals surface area contributed by atoms with Crippen LogP contribution in [0.25, 0.3) is 0 Å². The number of aryl methyl sites for hydroxylation is 2. The van der Waals surface area contributed by atoms with E-state index >= 15 is 0 Å². The Bertz CT molecular complexity index is 940. The number of hydrogen-bond donors (Lipinski definition) is 1. The molecule has 0 bridgehead atoms. The number of carboxylic acids is 1. The van der Waals surface area contributed by atoms with Gasteiger partial charge in [0, 0.05) is 38.4 Å². The summed E-state index contributed by atoms with van der Waals surface area (Å²) < 4.78 is 44.1. The topological polar surface area (TPSA) is 53.0 Å². The molecule has 0 aliphatic carbocycles. The quantitative estimate of drug-likeness (QED) is 0.680. The number of benzene rings is 2. The lowest BCUT2D eigenvalue weighted by Gasteiger charge is -2.36. The van der Waals surface area contributed by atoms with E-state index in [4.69, 9.17) is 4.74 Å². The van der Waals surface area contributed by atoms with Gasteiger partial charge in [-0.25, -0.2) is 4.79 Å². The largest absolute Gasteiger partial charge is 0.478 e. The lowest BCUT2D eigenvalue weighted by molar-refractivity contribution is -0.152. The Kier molecular flexibility index (Phi) is 6.74. The average Bonchev–Trinajstić information content (AvgIpc) is 2.71. The molecule has 0 amide bonds. The Morgan fingerprint density at radius 1 is 1.00 bits per heavy atom. The van der Waals surface area contributed by atoms with Crippen molar-refractivity contribution in [1.82, 2.24) is 4.90 Å². The van der Waals surface area contributed by atoms with Crippen molar-refractivity contribution in [3.63, 3.8) is 0 Å². The minimum absolute atomic E-state index is 0.591. The van der Waals surface area contributed by atoms with Crippen LogP contribution < -0.4 is 9.64 Å². The molecular weight excluding hydrogens is 421 g/mol. The molecule has 1 N–H and O–H groups in total. The van der Waals surface area contributed by atoms with E-state index < -0.39 is 23.3 Å². The molecule has 2 aromatic rings. The number of carbonyl (C=O) groups is 1. The van der Waals surface area contributed by atoms with E-state index in [1.807, 2.05) is 26.0 Å². The zero-order chi connectivity index (χ0) is 23.7. The molecule has 1 aliphatic rings. The molecule has 2 aromatic carbocycles. The summed E-state index contributed by atoms with van der Waals surface area (Å²) in [6.45, 7) is 10.7. The van der Waals surface area contributed by atoms with Gasteiger partial charge in [-0.05, 0) is 68.7 Å². The first-order chi connectivity index (χ1) is 14.9. The third-order valence-electron chi connectivity index (χ3n) is 5.73. The molecule has 32 heavy (non-hydrogen) atoms. The first-order valence-electron chi connectivity index (χ1n) is 10.5. The number of rotatable bonds is 6. The standard InChI is InChI=1S/C24H29F3N2O3/c1-16-13-18(14-17(2)21(16)32-23(3,4)22(30)31)15-28-9-11-29(12-10-28)20-7-5-19(6-8-20)24(25,26)27/h5-8,13-14H,9-12,15H2,1-4H3,(H,30,31). The summed E-state index contributed by atoms with van der Waals surface area (Å²) in [5.41, 5.74) is 1.74. The maximum atomic E-state index is 12.8. The molecule has 0 spiro atoms. The highest BCUT2D eigenvalue weighted by Crippen LogP contribution is 2.31. The molecular formula is C24H29F3N2O3. The molecule has 0 saturated carbocycles. The normalized spacial score (nSPS) is 15.7. The van der Waals surface area contributed by atoms with Crippen molar-refractivity contribution < 1.29 is 27.8 Å². The number of hydrogen-bond acceptors (Lipinski definition) is 4. The monoisotopic (exact) mass is 450 g/mol. The highest BCUT2D eigenvalue weighted by atomic mass is 19.4. The van der Waals surface area contributed by atoms with Crippen molar-refractivity contribution in [3.05, 3.63) is 58.7 Å². The van der Waals surface area contributed by atoms with Crippen LogP contribution in [0.5, 0.6) is 5.75 Å². The third-order valence-corrected chi connectivity index (χ3v) is 5.73. The number of ether oxygens (including phenoxy) is 1. The molecule has 1 heterocycles. The Morgan fingerprint density at radius 2 is 1.53 bits per heavy atom. The lowest BCUT2D eigenvalue weighted by Crippen LogP contribution is -2.46. The van der Waals surface area contributed by atoms with Gasteiger partial charge in [0.1, 0.15) is 5.75 Å². The highest BCUT2D eigenvalue weighted by molar-refractivity contribution is 5.77. The van der Waals surface area contributed by atoms with Gasteiger partial charge in [0.2, 0.25) is 0 Å². The second-order valence-electron chi connectivity index (χ2n) is 8.78. The minimum Gasteiger partial charge on any atom is -0.478 e. The van der Waals surface area contributed by atoms with Gasteiger partial charge < -0.3 is 14.7 Å². The number of aliphatic carboxylic acids is 1. The van der Waals surface area contributed by atoms with Gasteiger partial charge in [0.25, 0.3) is 0 Å². The summed E-state index contributed by atoms with van der Waals surface area (Å²) >= 11 is 0. The molecule has 8 heteroatoms. The van der Waals surface area contributed by atoms with Crippen LogP contribution in [-0.2, 0) is 17.5 Å². The molecule has 0 radical (unpaired) electrons. The number of halogens is 3. The molecule has 174 valence electrons. The average molecular weight is 451 g/mol. The predicted molar refractivity (Wildman–Crippen MR) is 117 cm³/mol. The number of nitrogens with zero attached hydrogens (tertiary/aromatic N) is 2. The first kappa shape index (κ1) is 23.9. The Labute approximate surface area is 186 Å². The summed E-state index contributed by atoms with van der Waals surface area (Å²) in [5, 5.41) is 9.32. The zero-order valence-electron chi connectivity index (χ0n) is 18.8. The van der Waals surface area contributed by atoms with Crippen molar-refractivity contribution in [1.29, 1.82) is 0 Å². The van der Waals surface area contributed by atoms with E-state index in [2.05, 4.69) is 9.80 Å². The van der Waals surface area contributed by atoms with Crippen molar-refractivity contribution in [2.75, 3.05) is 31.1 Å². The fraction of sp³-hybridized carbons (Fsp3) is 0.458. The van der Waals surface area contributed by atoms with Gasteiger partial charge in [0.15, 0.2) is 5.60 Å². The number of alkyl halides is 3. The Morgan fingerprint density at radius 3 is 2.00 bits per heavy atom. The molecule has 0 unspecified atom stereocenters. The first-order valence-corrected chi connectivity index (χ1v) is 10.5. The van der Waals surface area contributed by atoms with Gasteiger partial charge in [-0.3, -0.25) is 4.90 Å². The van der Waals surface area contributed by atoms with Crippen LogP contribution >= 0.6 is 0 Å². The highest BCUT2D eigenvalue weighted by Gasteiger charge is 2.31. The van der Waals surface area contributed by atoms with Crippen molar-refractivity contribution >= 4 is 11.7 Å². The summed E-state index contributed by atoms with van der Waals surface area (Å²) in [4.78, 5) is 15.8. The second-order valence-corrected chi connectivity index (χ2v) is 8.78. The molecule has 0 atom stereocenters. The van der Waals surface area contributed by atoms with Crippen molar-refractivity contribution in [2.45, 2.75) is 46.0 Å². The summed E-state index contributed by atoms with van der Waals surface area (Å²) in [7, 11) is 0. The van der Waals surface area contributed by atoms with Crippen molar-refractivity contribution in [3.8, 4) is 5.75 Å². The Balaban J connectivity index is 1.61. The molecule has 3 rings (SSSR count). The number of piperazine rings is 1. The van der Waals surface area contributed by atoms with Gasteiger partial charge in [-0.15, -0.1) is 0 Å². The van der Waals surface area contributed by atoms with Gasteiger partial charge in [-0.1, -0.05) is 12.1 Å². The van der Waals surface area contributed by atoms with E-state index in [1.54, 1.807) is 0 Å². The number of anilines is 1. The smallest absolute Gasteiger partial charge is 0.416 e. The maximum absolute atomic E-state index is 12.8. The summed E-state index contributed by atoms with van der Waals surface area (Å²) in [5.74, 6) is -0.431. The van der Waals surface area contributed by atoms with Gasteiger partial charge >= 0.3 is 12.1 Å². The zero-order valence-corrected chi connectivity index (χ0v) is 18.8. The van der Waals surface area contributed by atoms with Crippen molar-refractivity contribution in [2.24, 2.45) is 0 Å². The second kappa shape index (κ2) is 9.02. The van der Waals surface area contributed by atoms with E-state index in [1.165, 1.54) is 26.0 Å². The van der Waals surface area contributed by atoms with Crippen LogP contribution in [-0.4, -0.2) is 47.8 Å². The fourth-order valence-electron chi connectivity index (χ4n) is 3.87. The van der Waals surface area contributed by atoms with Crippen LogP contribution in [0.4, 0.5) is 18.9 Å². The Hall–Kier alpha value is -2.74. The van der Waals surface area contributed by atoms with Gasteiger partial charge in [0.05, 0.1) is 5.56 Å². The van der Waals surface area contributed by atoms with E-state index in [9.17, 15) is 23.1 Å². The van der Waals surface area contributed by atoms with Crippen LogP contribution in [0.3, 0.4) is 0 Å². The molecule has 1 fully saturated rings. The summed E-state index contributed by atoms with van der Waals surface area (Å²) in [6, 6.07) is 9.35. The SMILES string of the molecule is Cc1cc(CN2CCN(c3ccc(C(F)(F)F)cc3)CC2)cc(C)c1OC(C)(C)C(=O)O. The molecule has 1 saturated heterocycles. The van der Waals surface area contributed by atoms with Crippen LogP contribution in [0.1, 0.15) is 36.1 Å². The number of carboxylic acid groups (broad SMARTS) is 1. The van der Waals surface area contributed by atoms with E-state index in [0.717, 1.165) is 67.2 Å². The summed E-state index contributed by atoms with van der Waals surface area (Å²) in [6.07, 6.45) is -4.32. The van der Waals surface area contributed by atoms with Crippen LogP contribution in [0.15, 0.2) is 36.4 Å². The molecule has 5 nitrogen and oxygen atoms in total. The lowest BCUT2D eigenvalue weighted by atomic mass is 10.0. The minimum atomic E-state index is -4.32. The van der Waals surface area contributed by atoms with Crippen LogP contribution in [0, 0.1) is 13.8 Å². The van der Waals surface area contributed by atoms with E-state index in [0.29, 0.717) is 5.75 Å². The van der Waals surface area contributed by atoms with Crippen LogP contribution in [0.2, 0.25) is 0 Å². The molecule has 1 aliphatic heterocycles. The fourth-order valence-corrected chi connectivity index (χ4v) is 3.87. The van der Waals surface area contributed by atoms with E-state index in [-0.39, 0.29) is 0 Å².